The molecule has 1 aliphatic carbocycles. The van der Waals surface area contributed by atoms with Crippen molar-refractivity contribution < 1.29 is 18.9 Å². The van der Waals surface area contributed by atoms with E-state index in [4.69, 9.17) is 24.8 Å². The first kappa shape index (κ1) is 16.0. The van der Waals surface area contributed by atoms with E-state index in [1.165, 1.54) is 19.3 Å². The maximum atomic E-state index is 5.99. The van der Waals surface area contributed by atoms with Crippen molar-refractivity contribution in [2.45, 2.75) is 62.6 Å². The third-order valence-corrected chi connectivity index (χ3v) is 6.77. The Morgan fingerprint density at radius 1 is 0.667 bits per heavy atom. The van der Waals surface area contributed by atoms with Gasteiger partial charge in [-0.3, -0.25) is 11.3 Å². The Bertz CT molecular complexity index is 448. The van der Waals surface area contributed by atoms with Gasteiger partial charge in [-0.25, -0.2) is 0 Å². The summed E-state index contributed by atoms with van der Waals surface area (Å²) in [5.74, 6) is 8.63. The van der Waals surface area contributed by atoms with Crippen LogP contribution >= 0.6 is 0 Å². The first-order valence-corrected chi connectivity index (χ1v) is 9.72. The van der Waals surface area contributed by atoms with Crippen LogP contribution in [0.5, 0.6) is 0 Å². The van der Waals surface area contributed by atoms with Crippen molar-refractivity contribution in [1.82, 2.24) is 5.43 Å². The third kappa shape index (κ3) is 3.79. The van der Waals surface area contributed by atoms with E-state index in [1.807, 2.05) is 0 Å². The molecule has 5 rings (SSSR count). The first-order valence-electron chi connectivity index (χ1n) is 9.72. The van der Waals surface area contributed by atoms with Gasteiger partial charge in [0.05, 0.1) is 50.8 Å². The smallest absolute Gasteiger partial charge is 0.0813 e. The van der Waals surface area contributed by atoms with E-state index in [0.717, 1.165) is 39.3 Å². The maximum absolute atomic E-state index is 5.99. The zero-order chi connectivity index (χ0) is 16.1. The molecule has 0 radical (unpaired) electrons. The van der Waals surface area contributed by atoms with Gasteiger partial charge in [0, 0.05) is 6.04 Å². The van der Waals surface area contributed by atoms with Gasteiger partial charge < -0.3 is 18.9 Å². The van der Waals surface area contributed by atoms with E-state index in [2.05, 4.69) is 5.43 Å². The summed E-state index contributed by atoms with van der Waals surface area (Å²) >= 11 is 0. The Balaban J connectivity index is 1.37. The summed E-state index contributed by atoms with van der Waals surface area (Å²) in [5, 5.41) is 0. The normalized spacial score (nSPS) is 52.1. The number of rotatable bonds is 9. The number of hydrogen-bond acceptors (Lipinski definition) is 6. The Hall–Kier alpha value is -0.240. The topological polar surface area (TPSA) is 88.2 Å². The zero-order valence-electron chi connectivity index (χ0n) is 14.3. The van der Waals surface area contributed by atoms with Gasteiger partial charge >= 0.3 is 0 Å². The number of epoxide rings is 4. The summed E-state index contributed by atoms with van der Waals surface area (Å²) < 4.78 is 22.3. The fourth-order valence-electron chi connectivity index (χ4n) is 5.22. The summed E-state index contributed by atoms with van der Waals surface area (Å²) in [4.78, 5) is 0. The van der Waals surface area contributed by atoms with Crippen LogP contribution in [0.4, 0.5) is 0 Å². The molecule has 4 saturated heterocycles. The summed E-state index contributed by atoms with van der Waals surface area (Å²) in [7, 11) is 0. The van der Waals surface area contributed by atoms with Crippen molar-refractivity contribution in [3.63, 3.8) is 0 Å². The molecule has 6 nitrogen and oxygen atoms in total. The minimum Gasteiger partial charge on any atom is -0.373 e. The van der Waals surface area contributed by atoms with Crippen LogP contribution in [0.3, 0.4) is 0 Å². The average molecular weight is 338 g/mol. The highest BCUT2D eigenvalue weighted by molar-refractivity contribution is 5.00. The van der Waals surface area contributed by atoms with Gasteiger partial charge in [0.15, 0.2) is 0 Å². The molecule has 0 spiro atoms. The lowest BCUT2D eigenvalue weighted by atomic mass is 9.59. The van der Waals surface area contributed by atoms with E-state index in [-0.39, 0.29) is 0 Å². The van der Waals surface area contributed by atoms with Crippen LogP contribution in [0.2, 0.25) is 0 Å². The van der Waals surface area contributed by atoms with Crippen LogP contribution in [0.1, 0.15) is 32.1 Å². The van der Waals surface area contributed by atoms with Gasteiger partial charge in [0.1, 0.15) is 0 Å². The molecule has 0 bridgehead atoms. The van der Waals surface area contributed by atoms with Crippen LogP contribution < -0.4 is 11.3 Å². The highest BCUT2D eigenvalue weighted by Crippen LogP contribution is 2.50. The Kier molecular flexibility index (Phi) is 4.32. The molecule has 0 aromatic carbocycles. The number of hydrazine groups is 1. The van der Waals surface area contributed by atoms with E-state index < -0.39 is 0 Å². The number of nitrogens with one attached hydrogen (secondary N) is 1. The van der Waals surface area contributed by atoms with Gasteiger partial charge in [0.25, 0.3) is 0 Å². The fraction of sp³-hybridized carbons (Fsp3) is 1.00. The highest BCUT2D eigenvalue weighted by atomic mass is 16.6. The second-order valence-corrected chi connectivity index (χ2v) is 8.52. The van der Waals surface area contributed by atoms with Crippen molar-refractivity contribution in [3.8, 4) is 0 Å². The number of ether oxygens (including phenoxy) is 4. The van der Waals surface area contributed by atoms with Crippen LogP contribution in [-0.2, 0) is 18.9 Å². The van der Waals surface area contributed by atoms with Gasteiger partial charge in [0.2, 0.25) is 0 Å². The predicted molar refractivity (Wildman–Crippen MR) is 87.1 cm³/mol. The molecule has 4 aliphatic heterocycles. The minimum atomic E-state index is 0.387. The van der Waals surface area contributed by atoms with E-state index in [9.17, 15) is 0 Å². The van der Waals surface area contributed by atoms with Crippen LogP contribution in [-0.4, -0.2) is 56.9 Å². The monoisotopic (exact) mass is 338 g/mol. The summed E-state index contributed by atoms with van der Waals surface area (Å²) in [6.07, 6.45) is 7.75. The molecule has 5 aliphatic rings. The largest absolute Gasteiger partial charge is 0.373 e. The molecule has 5 fully saturated rings. The molecule has 0 amide bonds. The fourth-order valence-corrected chi connectivity index (χ4v) is 5.22. The number of hydrogen-bond donors (Lipinski definition) is 2. The van der Waals surface area contributed by atoms with E-state index >= 15 is 0 Å². The predicted octanol–water partition coefficient (Wildman–Crippen LogP) is 0.842. The second kappa shape index (κ2) is 6.49. The quantitative estimate of drug-likeness (QED) is 0.368. The molecule has 3 N–H and O–H groups in total. The third-order valence-electron chi connectivity index (χ3n) is 6.77. The Morgan fingerprint density at radius 2 is 1.12 bits per heavy atom. The molecule has 0 aromatic heterocycles. The molecule has 9 atom stereocenters. The molecule has 136 valence electrons. The molecule has 6 heteroatoms. The van der Waals surface area contributed by atoms with Crippen molar-refractivity contribution in [2.24, 2.45) is 29.5 Å². The lowest BCUT2D eigenvalue weighted by Gasteiger charge is -2.47. The SMILES string of the molecule is NNC1CC(CC2CO2)C(CC2CO2)C(CC2CO2)C1CC1CO1. The van der Waals surface area contributed by atoms with Crippen molar-refractivity contribution in [3.05, 3.63) is 0 Å². The second-order valence-electron chi connectivity index (χ2n) is 8.52. The summed E-state index contributed by atoms with van der Waals surface area (Å²) in [6, 6.07) is 0.387. The lowest BCUT2D eigenvalue weighted by molar-refractivity contribution is 0.0204. The summed E-state index contributed by atoms with van der Waals surface area (Å²) in [6.45, 7) is 3.76. The van der Waals surface area contributed by atoms with Crippen molar-refractivity contribution in [1.29, 1.82) is 0 Å². The summed E-state index contributed by atoms with van der Waals surface area (Å²) in [5.41, 5.74) is 3.16. The molecule has 9 unspecified atom stereocenters. The lowest BCUT2D eigenvalue weighted by Crippen LogP contribution is -2.53. The van der Waals surface area contributed by atoms with Gasteiger partial charge in [-0.15, -0.1) is 0 Å². The van der Waals surface area contributed by atoms with Gasteiger partial charge in [-0.2, -0.15) is 0 Å². The van der Waals surface area contributed by atoms with Crippen LogP contribution in [0, 0.1) is 23.7 Å². The number of nitrogens with two attached hydrogens (primary N) is 1. The van der Waals surface area contributed by atoms with Crippen molar-refractivity contribution in [2.75, 3.05) is 26.4 Å². The van der Waals surface area contributed by atoms with Crippen LogP contribution in [0.25, 0.3) is 0 Å². The van der Waals surface area contributed by atoms with Gasteiger partial charge in [-0.05, 0) is 55.8 Å². The van der Waals surface area contributed by atoms with E-state index in [1.54, 1.807) is 0 Å². The maximum Gasteiger partial charge on any atom is 0.0813 e. The molecule has 0 aromatic rings. The minimum absolute atomic E-state index is 0.387. The van der Waals surface area contributed by atoms with Crippen LogP contribution in [0.15, 0.2) is 0 Å². The molecular weight excluding hydrogens is 308 g/mol. The zero-order valence-corrected chi connectivity index (χ0v) is 14.3. The first-order chi connectivity index (χ1) is 11.8. The average Bonchev–Trinajstić information content (AvgIpc) is 3.43. The molecule has 24 heavy (non-hydrogen) atoms. The molecular formula is C18H30N2O4. The van der Waals surface area contributed by atoms with E-state index in [0.29, 0.717) is 54.1 Å². The molecule has 4 heterocycles. The highest BCUT2D eigenvalue weighted by Gasteiger charge is 2.50. The standard InChI is InChI=1S/C18H30N2O4/c19-20-18-2-10(1-11-6-21-11)15(3-12-7-22-12)16(4-13-8-23-13)17(18)5-14-9-24-14/h10-18,20H,1-9,19H2. The van der Waals surface area contributed by atoms with Gasteiger partial charge in [-0.1, -0.05) is 0 Å². The Labute approximate surface area is 143 Å². The Morgan fingerprint density at radius 3 is 1.62 bits per heavy atom. The molecule has 1 saturated carbocycles. The van der Waals surface area contributed by atoms with Crippen molar-refractivity contribution >= 4 is 0 Å².